The summed E-state index contributed by atoms with van der Waals surface area (Å²) in [5, 5.41) is 12.6. The van der Waals surface area contributed by atoms with Gasteiger partial charge < -0.3 is 4.74 Å². The molecule has 0 spiro atoms. The number of carbonyl (C=O) groups excluding carboxylic acids is 1. The second-order valence-electron chi connectivity index (χ2n) is 3.34. The van der Waals surface area contributed by atoms with E-state index in [0.717, 1.165) is 5.56 Å². The van der Waals surface area contributed by atoms with Crippen molar-refractivity contribution >= 4 is 5.97 Å². The van der Waals surface area contributed by atoms with Crippen LogP contribution < -0.4 is 0 Å². The highest BCUT2D eigenvalue weighted by Gasteiger charge is 2.20. The standard InChI is InChI=1S/C11H15N3O2/c1-3-10(11(15)16-4-2)14-8-9(5-6-12)7-13-14/h7-8,10H,3-5H2,1-2H3. The van der Waals surface area contributed by atoms with Crippen molar-refractivity contribution in [2.24, 2.45) is 0 Å². The van der Waals surface area contributed by atoms with Gasteiger partial charge in [0.2, 0.25) is 0 Å². The zero-order chi connectivity index (χ0) is 12.0. The molecule has 0 aliphatic carbocycles. The first-order chi connectivity index (χ1) is 7.72. The third-order valence-electron chi connectivity index (χ3n) is 2.20. The van der Waals surface area contributed by atoms with Crippen LogP contribution in [0.1, 0.15) is 31.9 Å². The van der Waals surface area contributed by atoms with Gasteiger partial charge in [-0.15, -0.1) is 0 Å². The molecule has 16 heavy (non-hydrogen) atoms. The van der Waals surface area contributed by atoms with E-state index in [2.05, 4.69) is 5.10 Å². The molecule has 0 saturated heterocycles. The first-order valence-electron chi connectivity index (χ1n) is 5.29. The smallest absolute Gasteiger partial charge is 0.330 e. The summed E-state index contributed by atoms with van der Waals surface area (Å²) in [6, 6.07) is 1.64. The van der Waals surface area contributed by atoms with Gasteiger partial charge in [0, 0.05) is 11.8 Å². The van der Waals surface area contributed by atoms with Crippen molar-refractivity contribution in [1.82, 2.24) is 9.78 Å². The molecule has 0 amide bonds. The zero-order valence-electron chi connectivity index (χ0n) is 9.51. The largest absolute Gasteiger partial charge is 0.464 e. The molecule has 0 aromatic carbocycles. The zero-order valence-corrected chi connectivity index (χ0v) is 9.51. The van der Waals surface area contributed by atoms with Crippen molar-refractivity contribution in [3.05, 3.63) is 18.0 Å². The molecule has 5 nitrogen and oxygen atoms in total. The monoisotopic (exact) mass is 221 g/mol. The third kappa shape index (κ3) is 2.83. The lowest BCUT2D eigenvalue weighted by atomic mass is 10.2. The summed E-state index contributed by atoms with van der Waals surface area (Å²) >= 11 is 0. The number of hydrogen-bond acceptors (Lipinski definition) is 4. The SMILES string of the molecule is CCOC(=O)C(CC)n1cc(CC#N)cn1. The Bertz CT molecular complexity index is 392. The molecule has 1 unspecified atom stereocenters. The minimum atomic E-state index is -0.396. The molecule has 1 rings (SSSR count). The van der Waals surface area contributed by atoms with Gasteiger partial charge in [0.05, 0.1) is 25.3 Å². The normalized spacial score (nSPS) is 11.8. The van der Waals surface area contributed by atoms with Crippen molar-refractivity contribution in [3.63, 3.8) is 0 Å². The topological polar surface area (TPSA) is 67.9 Å². The Balaban J connectivity index is 2.79. The van der Waals surface area contributed by atoms with E-state index in [9.17, 15) is 4.79 Å². The van der Waals surface area contributed by atoms with Crippen LogP contribution in [0.2, 0.25) is 0 Å². The summed E-state index contributed by atoms with van der Waals surface area (Å²) in [7, 11) is 0. The Morgan fingerprint density at radius 2 is 2.44 bits per heavy atom. The minimum absolute atomic E-state index is 0.281. The van der Waals surface area contributed by atoms with Gasteiger partial charge in [-0.25, -0.2) is 4.79 Å². The maximum atomic E-state index is 11.6. The highest BCUT2D eigenvalue weighted by molar-refractivity contribution is 5.74. The molecule has 5 heteroatoms. The third-order valence-corrected chi connectivity index (χ3v) is 2.20. The number of esters is 1. The van der Waals surface area contributed by atoms with Crippen LogP contribution in [-0.4, -0.2) is 22.4 Å². The average Bonchev–Trinajstić information content (AvgIpc) is 2.68. The Hall–Kier alpha value is -1.83. The Morgan fingerprint density at radius 1 is 1.69 bits per heavy atom. The van der Waals surface area contributed by atoms with Crippen LogP contribution in [0, 0.1) is 11.3 Å². The number of carbonyl (C=O) groups is 1. The van der Waals surface area contributed by atoms with Crippen LogP contribution in [0.5, 0.6) is 0 Å². The predicted molar refractivity (Wildman–Crippen MR) is 57.5 cm³/mol. The van der Waals surface area contributed by atoms with Gasteiger partial charge in [0.15, 0.2) is 0 Å². The van der Waals surface area contributed by atoms with E-state index < -0.39 is 6.04 Å². The maximum Gasteiger partial charge on any atom is 0.330 e. The molecule has 0 N–H and O–H groups in total. The molecule has 86 valence electrons. The van der Waals surface area contributed by atoms with E-state index in [1.165, 1.54) is 0 Å². The van der Waals surface area contributed by atoms with Crippen molar-refractivity contribution in [3.8, 4) is 6.07 Å². The molecular formula is C11H15N3O2. The minimum Gasteiger partial charge on any atom is -0.464 e. The van der Waals surface area contributed by atoms with Crippen molar-refractivity contribution in [1.29, 1.82) is 5.26 Å². The van der Waals surface area contributed by atoms with Crippen LogP contribution in [-0.2, 0) is 16.0 Å². The first-order valence-corrected chi connectivity index (χ1v) is 5.29. The molecular weight excluding hydrogens is 206 g/mol. The summed E-state index contributed by atoms with van der Waals surface area (Å²) in [4.78, 5) is 11.6. The van der Waals surface area contributed by atoms with Gasteiger partial charge in [-0.05, 0) is 13.3 Å². The molecule has 1 aromatic heterocycles. The number of hydrogen-bond donors (Lipinski definition) is 0. The number of ether oxygens (including phenoxy) is 1. The van der Waals surface area contributed by atoms with Gasteiger partial charge in [-0.1, -0.05) is 6.92 Å². The second kappa shape index (κ2) is 5.91. The molecule has 1 heterocycles. The number of nitriles is 1. The number of nitrogens with zero attached hydrogens (tertiary/aromatic N) is 3. The molecule has 1 atom stereocenters. The lowest BCUT2D eigenvalue weighted by Crippen LogP contribution is -2.21. The predicted octanol–water partition coefficient (Wildman–Crippen LogP) is 1.46. The lowest BCUT2D eigenvalue weighted by Gasteiger charge is -2.13. The fourth-order valence-electron chi connectivity index (χ4n) is 1.43. The fraction of sp³-hybridized carbons (Fsp3) is 0.545. The van der Waals surface area contributed by atoms with Gasteiger partial charge in [-0.3, -0.25) is 4.68 Å². The number of rotatable bonds is 5. The molecule has 0 aliphatic rings. The Kier molecular flexibility index (Phi) is 4.52. The average molecular weight is 221 g/mol. The molecule has 0 bridgehead atoms. The number of aromatic nitrogens is 2. The van der Waals surface area contributed by atoms with Crippen LogP contribution in [0.4, 0.5) is 0 Å². The van der Waals surface area contributed by atoms with Crippen molar-refractivity contribution < 1.29 is 9.53 Å². The van der Waals surface area contributed by atoms with E-state index in [1.54, 1.807) is 24.0 Å². The van der Waals surface area contributed by atoms with E-state index in [1.807, 2.05) is 13.0 Å². The summed E-state index contributed by atoms with van der Waals surface area (Å²) in [6.07, 6.45) is 4.24. The van der Waals surface area contributed by atoms with Gasteiger partial charge in [-0.2, -0.15) is 10.4 Å². The summed E-state index contributed by atoms with van der Waals surface area (Å²) < 4.78 is 6.51. The van der Waals surface area contributed by atoms with Crippen LogP contribution >= 0.6 is 0 Å². The summed E-state index contributed by atoms with van der Waals surface area (Å²) in [5.41, 5.74) is 0.810. The molecule has 0 fully saturated rings. The van der Waals surface area contributed by atoms with E-state index in [4.69, 9.17) is 10.00 Å². The summed E-state index contributed by atoms with van der Waals surface area (Å²) in [6.45, 7) is 4.03. The Morgan fingerprint density at radius 3 is 3.00 bits per heavy atom. The highest BCUT2D eigenvalue weighted by Crippen LogP contribution is 2.13. The Labute approximate surface area is 94.6 Å². The quantitative estimate of drug-likeness (QED) is 0.706. The first kappa shape index (κ1) is 12.2. The maximum absolute atomic E-state index is 11.6. The van der Waals surface area contributed by atoms with Crippen LogP contribution in [0.25, 0.3) is 0 Å². The molecule has 0 aliphatic heterocycles. The summed E-state index contributed by atoms with van der Waals surface area (Å²) in [5.74, 6) is -0.281. The van der Waals surface area contributed by atoms with E-state index in [-0.39, 0.29) is 5.97 Å². The van der Waals surface area contributed by atoms with E-state index >= 15 is 0 Å². The lowest BCUT2D eigenvalue weighted by molar-refractivity contribution is -0.147. The van der Waals surface area contributed by atoms with Gasteiger partial charge in [0.25, 0.3) is 0 Å². The van der Waals surface area contributed by atoms with Gasteiger partial charge >= 0.3 is 5.97 Å². The van der Waals surface area contributed by atoms with Crippen molar-refractivity contribution in [2.45, 2.75) is 32.7 Å². The van der Waals surface area contributed by atoms with E-state index in [0.29, 0.717) is 19.4 Å². The van der Waals surface area contributed by atoms with Crippen LogP contribution in [0.15, 0.2) is 12.4 Å². The fourth-order valence-corrected chi connectivity index (χ4v) is 1.43. The second-order valence-corrected chi connectivity index (χ2v) is 3.34. The molecule has 1 aromatic rings. The highest BCUT2D eigenvalue weighted by atomic mass is 16.5. The molecule has 0 radical (unpaired) electrons. The van der Waals surface area contributed by atoms with Gasteiger partial charge in [0.1, 0.15) is 6.04 Å². The molecule has 0 saturated carbocycles. The van der Waals surface area contributed by atoms with Crippen molar-refractivity contribution in [2.75, 3.05) is 6.61 Å². The van der Waals surface area contributed by atoms with Crippen LogP contribution in [0.3, 0.4) is 0 Å².